The molecule has 0 aliphatic rings. The van der Waals surface area contributed by atoms with Gasteiger partial charge in [-0.15, -0.1) is 0 Å². The Morgan fingerprint density at radius 2 is 1.79 bits per heavy atom. The van der Waals surface area contributed by atoms with Crippen LogP contribution in [0.3, 0.4) is 0 Å². The highest BCUT2D eigenvalue weighted by Gasteiger charge is 2.21. The molecule has 0 aromatic heterocycles. The van der Waals surface area contributed by atoms with Crippen molar-refractivity contribution >= 4 is 5.97 Å². The average molecular weight is 524 g/mol. The van der Waals surface area contributed by atoms with Crippen LogP contribution in [0.5, 0.6) is 5.75 Å². The molecular weight excluding hydrogens is 485 g/mol. The number of aliphatic hydroxyl groups is 1. The van der Waals surface area contributed by atoms with Gasteiger partial charge in [-0.2, -0.15) is 0 Å². The van der Waals surface area contributed by atoms with E-state index in [1.807, 2.05) is 58.0 Å². The van der Waals surface area contributed by atoms with Crippen LogP contribution in [0.1, 0.15) is 65.1 Å². The molecule has 0 saturated heterocycles. The Kier molecular flexibility index (Phi) is 10.0. The number of para-hydroxylation sites is 1. The molecule has 0 fully saturated rings. The molecule has 2 atom stereocenters. The van der Waals surface area contributed by atoms with Crippen molar-refractivity contribution in [3.8, 4) is 5.75 Å². The molecular formula is C31H38FNO5. The van der Waals surface area contributed by atoms with E-state index in [9.17, 15) is 14.3 Å². The van der Waals surface area contributed by atoms with Gasteiger partial charge < -0.3 is 25.0 Å². The van der Waals surface area contributed by atoms with Crippen LogP contribution < -0.4 is 10.1 Å². The number of β-amino-alcohol motifs (C(OH)–C–C–N with tert-alkyl or cyclic N) is 1. The molecule has 0 spiro atoms. The summed E-state index contributed by atoms with van der Waals surface area (Å²) < 4.78 is 25.9. The molecule has 0 unspecified atom stereocenters. The number of carboxylic acid groups (broad SMARTS) is 1. The Morgan fingerprint density at radius 3 is 2.47 bits per heavy atom. The van der Waals surface area contributed by atoms with Gasteiger partial charge in [-0.25, -0.2) is 9.18 Å². The molecule has 3 aromatic rings. The lowest BCUT2D eigenvalue weighted by atomic mass is 9.94. The predicted octanol–water partition coefficient (Wildman–Crippen LogP) is 5.77. The summed E-state index contributed by atoms with van der Waals surface area (Å²) in [6.07, 6.45) is -0.424. The van der Waals surface area contributed by atoms with Gasteiger partial charge in [0.25, 0.3) is 0 Å². The lowest BCUT2D eigenvalue weighted by molar-refractivity contribution is -0.00520. The number of halogens is 1. The molecule has 6 nitrogen and oxygen atoms in total. The van der Waals surface area contributed by atoms with E-state index in [4.69, 9.17) is 14.6 Å². The minimum Gasteiger partial charge on any atom is -0.489 e. The van der Waals surface area contributed by atoms with Gasteiger partial charge in [-0.1, -0.05) is 36.4 Å². The number of ether oxygens (including phenoxy) is 2. The second-order valence-corrected chi connectivity index (χ2v) is 10.4. The maximum atomic E-state index is 13.9. The van der Waals surface area contributed by atoms with Crippen molar-refractivity contribution in [1.29, 1.82) is 0 Å². The number of carbonyl (C=O) groups is 1. The first-order valence-electron chi connectivity index (χ1n) is 12.8. The number of nitrogens with one attached hydrogen (secondary N) is 1. The zero-order valence-corrected chi connectivity index (χ0v) is 22.8. The van der Waals surface area contributed by atoms with E-state index in [2.05, 4.69) is 5.32 Å². The van der Waals surface area contributed by atoms with Crippen LogP contribution in [0.25, 0.3) is 0 Å². The Balaban J connectivity index is 1.51. The molecule has 38 heavy (non-hydrogen) atoms. The van der Waals surface area contributed by atoms with Crippen LogP contribution in [-0.4, -0.2) is 41.0 Å². The molecule has 3 aromatic carbocycles. The predicted molar refractivity (Wildman–Crippen MR) is 146 cm³/mol. The minimum atomic E-state index is -0.959. The van der Waals surface area contributed by atoms with Gasteiger partial charge in [0.05, 0.1) is 24.4 Å². The summed E-state index contributed by atoms with van der Waals surface area (Å²) >= 11 is 0. The maximum absolute atomic E-state index is 13.9. The highest BCUT2D eigenvalue weighted by atomic mass is 19.1. The van der Waals surface area contributed by atoms with Crippen molar-refractivity contribution in [2.75, 3.05) is 13.2 Å². The van der Waals surface area contributed by atoms with Gasteiger partial charge in [-0.3, -0.25) is 0 Å². The van der Waals surface area contributed by atoms with Gasteiger partial charge >= 0.3 is 5.97 Å². The lowest BCUT2D eigenvalue weighted by Crippen LogP contribution is -2.46. The topological polar surface area (TPSA) is 88.0 Å². The van der Waals surface area contributed by atoms with Crippen molar-refractivity contribution in [2.24, 2.45) is 0 Å². The molecule has 0 radical (unpaired) electrons. The Hall–Kier alpha value is -3.26. The smallest absolute Gasteiger partial charge is 0.335 e. The Bertz CT molecular complexity index is 1240. The minimum absolute atomic E-state index is 0.132. The average Bonchev–Trinajstić information content (AvgIpc) is 2.87. The standard InChI is InChI=1S/C31H38FNO5/c1-20-10-11-23(15-28(20)32)16-31(4,5)33-17-26(34)19-37-22(3)27-8-6-7-9-29(27)38-18-25-13-12-24(30(35)36)14-21(25)2/h6-15,22,26,33-34H,16-19H2,1-5H3,(H,35,36)/t22-,26-/m1/s1. The van der Waals surface area contributed by atoms with Gasteiger partial charge in [0.2, 0.25) is 0 Å². The van der Waals surface area contributed by atoms with E-state index in [0.29, 0.717) is 30.9 Å². The van der Waals surface area contributed by atoms with Crippen LogP contribution in [0.4, 0.5) is 4.39 Å². The number of hydrogen-bond donors (Lipinski definition) is 3. The number of rotatable bonds is 13. The summed E-state index contributed by atoms with van der Waals surface area (Å²) in [4.78, 5) is 11.2. The Labute approximate surface area is 224 Å². The molecule has 3 N–H and O–H groups in total. The number of carboxylic acids is 1. The largest absolute Gasteiger partial charge is 0.489 e. The highest BCUT2D eigenvalue weighted by molar-refractivity contribution is 5.87. The third kappa shape index (κ3) is 8.38. The van der Waals surface area contributed by atoms with Gasteiger partial charge in [0, 0.05) is 17.6 Å². The number of hydrogen-bond acceptors (Lipinski definition) is 5. The number of aromatic carboxylic acids is 1. The van der Waals surface area contributed by atoms with E-state index >= 15 is 0 Å². The Morgan fingerprint density at radius 1 is 1.05 bits per heavy atom. The first-order chi connectivity index (χ1) is 17.9. The van der Waals surface area contributed by atoms with Crippen molar-refractivity contribution in [3.63, 3.8) is 0 Å². The quantitative estimate of drug-likeness (QED) is 0.264. The van der Waals surface area contributed by atoms with E-state index in [1.54, 1.807) is 37.3 Å². The summed E-state index contributed by atoms with van der Waals surface area (Å²) in [5.74, 6) is -0.503. The van der Waals surface area contributed by atoms with E-state index in [1.165, 1.54) is 0 Å². The van der Waals surface area contributed by atoms with Crippen LogP contribution in [0, 0.1) is 19.7 Å². The third-order valence-electron chi connectivity index (χ3n) is 6.57. The van der Waals surface area contributed by atoms with Crippen LogP contribution in [-0.2, 0) is 17.8 Å². The maximum Gasteiger partial charge on any atom is 0.335 e. The van der Waals surface area contributed by atoms with Gasteiger partial charge in [0.1, 0.15) is 18.2 Å². The van der Waals surface area contributed by atoms with Gasteiger partial charge in [-0.05, 0) is 87.6 Å². The van der Waals surface area contributed by atoms with E-state index in [-0.39, 0.29) is 29.6 Å². The normalized spacial score (nSPS) is 13.2. The molecule has 0 bridgehead atoms. The molecule has 0 aliphatic carbocycles. The third-order valence-corrected chi connectivity index (χ3v) is 6.57. The summed E-state index contributed by atoms with van der Waals surface area (Å²) in [5.41, 5.74) is 4.03. The fourth-order valence-corrected chi connectivity index (χ4v) is 4.21. The van der Waals surface area contributed by atoms with E-state index < -0.39 is 12.1 Å². The number of benzene rings is 3. The molecule has 0 saturated carbocycles. The molecule has 3 rings (SSSR count). The monoisotopic (exact) mass is 523 g/mol. The van der Waals surface area contributed by atoms with Crippen LogP contribution in [0.15, 0.2) is 60.7 Å². The molecule has 204 valence electrons. The van der Waals surface area contributed by atoms with Crippen molar-refractivity contribution in [3.05, 3.63) is 99.9 Å². The van der Waals surface area contributed by atoms with Crippen molar-refractivity contribution in [1.82, 2.24) is 5.32 Å². The fourth-order valence-electron chi connectivity index (χ4n) is 4.21. The SMILES string of the molecule is Cc1ccc(CC(C)(C)NC[C@@H](O)CO[C@H](C)c2ccccc2OCc2ccc(C(=O)O)cc2C)cc1F. The second kappa shape index (κ2) is 13.0. The summed E-state index contributed by atoms with van der Waals surface area (Å²) in [6, 6.07) is 17.8. The van der Waals surface area contributed by atoms with Crippen LogP contribution in [0.2, 0.25) is 0 Å². The fraction of sp³-hybridized carbons (Fsp3) is 0.387. The second-order valence-electron chi connectivity index (χ2n) is 10.4. The summed E-state index contributed by atoms with van der Waals surface area (Å²) in [5, 5.41) is 23.1. The lowest BCUT2D eigenvalue weighted by Gasteiger charge is -2.28. The first kappa shape index (κ1) is 29.3. The van der Waals surface area contributed by atoms with Gasteiger partial charge in [0.15, 0.2) is 0 Å². The number of aliphatic hydroxyl groups excluding tert-OH is 1. The highest BCUT2D eigenvalue weighted by Crippen LogP contribution is 2.28. The summed E-state index contributed by atoms with van der Waals surface area (Å²) in [7, 11) is 0. The van der Waals surface area contributed by atoms with Crippen LogP contribution >= 0.6 is 0 Å². The zero-order chi connectivity index (χ0) is 27.9. The van der Waals surface area contributed by atoms with Crippen molar-refractivity contribution in [2.45, 2.75) is 65.4 Å². The summed E-state index contributed by atoms with van der Waals surface area (Å²) in [6.45, 7) is 10.3. The first-order valence-corrected chi connectivity index (χ1v) is 12.8. The molecule has 0 aliphatic heterocycles. The number of aryl methyl sites for hydroxylation is 2. The van der Waals surface area contributed by atoms with E-state index in [0.717, 1.165) is 22.3 Å². The zero-order valence-electron chi connectivity index (χ0n) is 22.8. The molecule has 0 heterocycles. The molecule has 7 heteroatoms. The van der Waals surface area contributed by atoms with Crippen molar-refractivity contribution < 1.29 is 28.9 Å². The molecule has 0 amide bonds.